The molecule has 1 fully saturated rings. The van der Waals surface area contributed by atoms with Crippen molar-refractivity contribution in [2.45, 2.75) is 82.7 Å². The van der Waals surface area contributed by atoms with Gasteiger partial charge in [-0.2, -0.15) is 26.3 Å². The third-order valence-electron chi connectivity index (χ3n) is 8.59. The highest BCUT2D eigenvalue weighted by molar-refractivity contribution is 5.91. The Kier molecular flexibility index (Phi) is 9.26. The van der Waals surface area contributed by atoms with Gasteiger partial charge in [-0.25, -0.2) is 9.18 Å². The molecule has 2 amide bonds. The van der Waals surface area contributed by atoms with Crippen molar-refractivity contribution in [2.24, 2.45) is 0 Å². The Bertz CT molecular complexity index is 1540. The van der Waals surface area contributed by atoms with Gasteiger partial charge in [0.1, 0.15) is 11.4 Å². The van der Waals surface area contributed by atoms with Crippen molar-refractivity contribution in [3.63, 3.8) is 0 Å². The third kappa shape index (κ3) is 7.82. The van der Waals surface area contributed by atoms with Crippen molar-refractivity contribution in [2.75, 3.05) is 19.6 Å². The molecule has 4 atom stereocenters. The quantitative estimate of drug-likeness (QED) is 0.302. The molecule has 0 aliphatic carbocycles. The van der Waals surface area contributed by atoms with Crippen LogP contribution in [-0.4, -0.2) is 59.2 Å². The van der Waals surface area contributed by atoms with E-state index in [1.807, 2.05) is 6.08 Å². The van der Waals surface area contributed by atoms with Crippen LogP contribution >= 0.6 is 0 Å². The first kappa shape index (κ1) is 34.5. The van der Waals surface area contributed by atoms with E-state index in [1.54, 1.807) is 30.6 Å². The first-order valence-electron chi connectivity index (χ1n) is 15.2. The van der Waals surface area contributed by atoms with Gasteiger partial charge >= 0.3 is 18.4 Å². The molecule has 0 bridgehead atoms. The molecule has 0 radical (unpaired) electrons. The molecule has 2 aromatic carbocycles. The molecule has 3 heterocycles. The van der Waals surface area contributed by atoms with Gasteiger partial charge in [0.25, 0.3) is 0 Å². The number of benzene rings is 2. The van der Waals surface area contributed by atoms with Crippen LogP contribution in [0.25, 0.3) is 0 Å². The average molecular weight is 669 g/mol. The number of carbonyl (C=O) groups is 2. The number of alkyl halides is 6. The molecule has 3 aliphatic rings. The van der Waals surface area contributed by atoms with E-state index in [0.717, 1.165) is 11.1 Å². The number of hydrogen-bond donors (Lipinski definition) is 0. The van der Waals surface area contributed by atoms with Crippen molar-refractivity contribution in [3.05, 3.63) is 93.8 Å². The van der Waals surface area contributed by atoms with Crippen LogP contribution in [0.3, 0.4) is 0 Å². The highest BCUT2D eigenvalue weighted by Gasteiger charge is 2.48. The lowest BCUT2D eigenvalue weighted by Crippen LogP contribution is -2.41. The highest BCUT2D eigenvalue weighted by atomic mass is 19.4. The second-order valence-corrected chi connectivity index (χ2v) is 13.1. The van der Waals surface area contributed by atoms with Crippen LogP contribution in [0.2, 0.25) is 0 Å². The Labute approximate surface area is 267 Å². The largest absolute Gasteiger partial charge is 0.444 e. The van der Waals surface area contributed by atoms with E-state index in [4.69, 9.17) is 9.47 Å². The van der Waals surface area contributed by atoms with Gasteiger partial charge in [0.2, 0.25) is 5.91 Å². The van der Waals surface area contributed by atoms with Gasteiger partial charge in [-0.15, -0.1) is 0 Å². The second-order valence-electron chi connectivity index (χ2n) is 13.1. The van der Waals surface area contributed by atoms with Crippen LogP contribution in [0.15, 0.2) is 65.8 Å². The summed E-state index contributed by atoms with van der Waals surface area (Å²) in [5, 5.41) is 0. The number of amides is 2. The van der Waals surface area contributed by atoms with E-state index in [2.05, 4.69) is 0 Å². The van der Waals surface area contributed by atoms with Crippen LogP contribution in [-0.2, 0) is 26.6 Å². The Morgan fingerprint density at radius 2 is 1.55 bits per heavy atom. The molecule has 13 heteroatoms. The van der Waals surface area contributed by atoms with Gasteiger partial charge in [0, 0.05) is 37.7 Å². The van der Waals surface area contributed by atoms with Gasteiger partial charge in [-0.05, 0) is 93.1 Å². The van der Waals surface area contributed by atoms with Crippen molar-refractivity contribution in [3.8, 4) is 0 Å². The first-order valence-corrected chi connectivity index (χ1v) is 15.2. The highest BCUT2D eigenvalue weighted by Crippen LogP contribution is 2.45. The number of nitrogens with zero attached hydrogens (tertiary/aromatic N) is 2. The lowest BCUT2D eigenvalue weighted by Gasteiger charge is -2.35. The van der Waals surface area contributed by atoms with Gasteiger partial charge in [0.15, 0.2) is 0 Å². The number of hydrogen-bond acceptors (Lipinski definition) is 4. The predicted molar refractivity (Wildman–Crippen MR) is 158 cm³/mol. The van der Waals surface area contributed by atoms with Gasteiger partial charge in [0.05, 0.1) is 23.3 Å². The van der Waals surface area contributed by atoms with Crippen LogP contribution in [0.5, 0.6) is 0 Å². The van der Waals surface area contributed by atoms with E-state index >= 15 is 0 Å². The minimum absolute atomic E-state index is 0.0240. The van der Waals surface area contributed by atoms with E-state index in [-0.39, 0.29) is 30.6 Å². The number of fused-ring (bicyclic) bond motifs is 1. The Balaban J connectivity index is 1.41. The molecule has 1 saturated heterocycles. The first-order chi connectivity index (χ1) is 21.8. The van der Waals surface area contributed by atoms with Crippen LogP contribution in [0.4, 0.5) is 35.5 Å². The average Bonchev–Trinajstić information content (AvgIpc) is 3.34. The molecular weight excluding hydrogens is 633 g/mol. The number of rotatable bonds is 5. The van der Waals surface area contributed by atoms with E-state index < -0.39 is 65.2 Å². The zero-order chi connectivity index (χ0) is 34.5. The maximum Gasteiger partial charge on any atom is 0.416 e. The molecule has 0 spiro atoms. The van der Waals surface area contributed by atoms with Gasteiger partial charge in [-0.3, -0.25) is 4.79 Å². The normalized spacial score (nSPS) is 22.9. The summed E-state index contributed by atoms with van der Waals surface area (Å²) in [6.45, 7) is 7.37. The summed E-state index contributed by atoms with van der Waals surface area (Å²) in [5.41, 5.74) is -1.62. The number of halogens is 7. The predicted octanol–water partition coefficient (Wildman–Crippen LogP) is 8.20. The molecule has 3 aliphatic heterocycles. The molecule has 5 rings (SSSR count). The second kappa shape index (κ2) is 12.6. The zero-order valence-corrected chi connectivity index (χ0v) is 26.2. The smallest absolute Gasteiger partial charge is 0.416 e. The van der Waals surface area contributed by atoms with Crippen LogP contribution in [0.1, 0.15) is 74.8 Å². The third-order valence-corrected chi connectivity index (χ3v) is 8.59. The van der Waals surface area contributed by atoms with Crippen LogP contribution in [0, 0.1) is 5.82 Å². The zero-order valence-electron chi connectivity index (χ0n) is 26.2. The minimum Gasteiger partial charge on any atom is -0.444 e. The fourth-order valence-electron chi connectivity index (χ4n) is 6.37. The summed E-state index contributed by atoms with van der Waals surface area (Å²) in [5.74, 6) is -1.39. The van der Waals surface area contributed by atoms with E-state index in [1.165, 1.54) is 37.3 Å². The van der Waals surface area contributed by atoms with Gasteiger partial charge < -0.3 is 19.3 Å². The molecule has 254 valence electrons. The minimum atomic E-state index is -5.02. The lowest BCUT2D eigenvalue weighted by atomic mass is 9.82. The Hall–Kier alpha value is -3.87. The maximum atomic E-state index is 13.9. The summed E-state index contributed by atoms with van der Waals surface area (Å²) in [6.07, 6.45) is -8.30. The van der Waals surface area contributed by atoms with E-state index in [0.29, 0.717) is 37.1 Å². The Morgan fingerprint density at radius 3 is 2.09 bits per heavy atom. The summed E-state index contributed by atoms with van der Waals surface area (Å²) in [6, 6.07) is 6.42. The molecule has 3 unspecified atom stereocenters. The fraction of sp³-hybridized carbons (Fsp3) is 0.471. The molecule has 0 N–H and O–H groups in total. The number of ether oxygens (including phenoxy) is 2. The summed E-state index contributed by atoms with van der Waals surface area (Å²) < 4.78 is 107. The molecule has 47 heavy (non-hydrogen) atoms. The Morgan fingerprint density at radius 1 is 0.936 bits per heavy atom. The molecule has 2 aromatic rings. The molecular formula is C34H35F7N2O4. The van der Waals surface area contributed by atoms with E-state index in [9.17, 15) is 40.3 Å². The maximum absolute atomic E-state index is 13.9. The summed E-state index contributed by atoms with van der Waals surface area (Å²) in [4.78, 5) is 29.1. The topological polar surface area (TPSA) is 59.1 Å². The molecule has 6 nitrogen and oxygen atoms in total. The van der Waals surface area contributed by atoms with Crippen molar-refractivity contribution < 1.29 is 49.8 Å². The van der Waals surface area contributed by atoms with Crippen molar-refractivity contribution in [1.82, 2.24) is 9.80 Å². The fourth-order valence-corrected chi connectivity index (χ4v) is 6.37. The monoisotopic (exact) mass is 668 g/mol. The SMILES string of the molecule is CC(O[C@H]1CN2C(=O)C=C(C3=CCN(C(=O)OC(C)(C)C)CC3)CC2C1c1ccc(F)cc1)c1cc(C(F)(F)F)cc(C(F)(F)F)c1. The molecule has 0 saturated carbocycles. The van der Waals surface area contributed by atoms with Crippen LogP contribution < -0.4 is 0 Å². The molecule has 0 aromatic heterocycles. The van der Waals surface area contributed by atoms with Gasteiger partial charge in [-0.1, -0.05) is 18.2 Å². The standard InChI is InChI=1S/C34H35F7N2O4/c1-19(22-13-24(33(36,37)38)17-25(14-22)34(39,40)41)46-28-18-43-27(30(28)21-5-7-26(35)8-6-21)15-23(16-29(43)44)20-9-11-42(12-10-20)31(45)47-32(2,3)4/h5-9,13-14,16-17,19,27-28,30H,10-12,15,18H2,1-4H3/t19?,27?,28-,30?/m0/s1. The summed E-state index contributed by atoms with van der Waals surface area (Å²) >= 11 is 0. The number of carbonyl (C=O) groups excluding carboxylic acids is 2. The van der Waals surface area contributed by atoms with Crippen molar-refractivity contribution >= 4 is 12.0 Å². The van der Waals surface area contributed by atoms with Crippen molar-refractivity contribution in [1.29, 1.82) is 0 Å². The summed E-state index contributed by atoms with van der Waals surface area (Å²) in [7, 11) is 0. The lowest BCUT2D eigenvalue weighted by molar-refractivity contribution is -0.143.